The molecule has 3 aromatic rings. The Morgan fingerprint density at radius 2 is 1.61 bits per heavy atom. The molecule has 1 aromatic heterocycles. The molecule has 6 heteroatoms. The van der Waals surface area contributed by atoms with Gasteiger partial charge in [0.1, 0.15) is 18.1 Å². The second-order valence-corrected chi connectivity index (χ2v) is 6.03. The maximum Gasteiger partial charge on any atom is 0.374 e. The number of para-hydroxylation sites is 1. The minimum atomic E-state index is -0.691. The van der Waals surface area contributed by atoms with Gasteiger partial charge in [0.05, 0.1) is 0 Å². The lowest BCUT2D eigenvalue weighted by atomic mass is 10.1. The van der Waals surface area contributed by atoms with Crippen molar-refractivity contribution in [3.8, 4) is 5.75 Å². The molecule has 6 nitrogen and oxygen atoms in total. The van der Waals surface area contributed by atoms with Crippen LogP contribution in [0.1, 0.15) is 21.9 Å². The largest absolute Gasteiger partial charge is 0.486 e. The van der Waals surface area contributed by atoms with Crippen molar-refractivity contribution in [2.24, 2.45) is 0 Å². The Bertz CT molecular complexity index is 890. The Balaban J connectivity index is 1.37. The second kappa shape index (κ2) is 9.97. The summed E-state index contributed by atoms with van der Waals surface area (Å²) in [5, 5.41) is 2.71. The van der Waals surface area contributed by atoms with Gasteiger partial charge in [-0.2, -0.15) is 0 Å². The Hall–Kier alpha value is -3.54. The van der Waals surface area contributed by atoms with E-state index in [1.165, 1.54) is 6.07 Å². The topological polar surface area (TPSA) is 77.8 Å². The lowest BCUT2D eigenvalue weighted by Gasteiger charge is -2.06. The average Bonchev–Trinajstić information content (AvgIpc) is 3.21. The molecule has 0 aliphatic heterocycles. The molecule has 0 saturated carbocycles. The number of rotatable bonds is 9. The molecule has 0 unspecified atom stereocenters. The van der Waals surface area contributed by atoms with Gasteiger partial charge in [-0.05, 0) is 36.2 Å². The predicted octanol–water partition coefficient (Wildman–Crippen LogP) is 3.37. The minimum Gasteiger partial charge on any atom is -0.486 e. The second-order valence-electron chi connectivity index (χ2n) is 6.03. The number of amides is 1. The van der Waals surface area contributed by atoms with E-state index in [1.807, 2.05) is 60.7 Å². The van der Waals surface area contributed by atoms with Crippen LogP contribution in [0, 0.1) is 0 Å². The number of furan rings is 1. The molecule has 1 N–H and O–H groups in total. The summed E-state index contributed by atoms with van der Waals surface area (Å²) in [6.07, 6.45) is 0.712. The number of carbonyl (C=O) groups is 2. The van der Waals surface area contributed by atoms with Gasteiger partial charge < -0.3 is 19.2 Å². The van der Waals surface area contributed by atoms with E-state index in [2.05, 4.69) is 5.32 Å². The molecule has 0 radical (unpaired) electrons. The number of ether oxygens (including phenoxy) is 2. The first-order valence-electron chi connectivity index (χ1n) is 8.95. The van der Waals surface area contributed by atoms with Gasteiger partial charge in [-0.1, -0.05) is 48.5 Å². The number of carbonyl (C=O) groups excluding carboxylic acids is 2. The fraction of sp³-hybridized carbons (Fsp3) is 0.182. The van der Waals surface area contributed by atoms with E-state index in [1.54, 1.807) is 6.07 Å². The van der Waals surface area contributed by atoms with E-state index in [9.17, 15) is 9.59 Å². The Labute approximate surface area is 163 Å². The number of hydrogen-bond donors (Lipinski definition) is 1. The summed E-state index contributed by atoms with van der Waals surface area (Å²) < 4.78 is 15.9. The van der Waals surface area contributed by atoms with Gasteiger partial charge in [-0.3, -0.25) is 4.79 Å². The molecule has 3 rings (SSSR count). The highest BCUT2D eigenvalue weighted by Crippen LogP contribution is 2.14. The van der Waals surface area contributed by atoms with E-state index in [4.69, 9.17) is 13.9 Å². The van der Waals surface area contributed by atoms with Crippen molar-refractivity contribution in [3.63, 3.8) is 0 Å². The SMILES string of the molecule is O=C(COC(=O)c1ccc(COc2ccccc2)o1)NCCc1ccccc1. The molecule has 0 aliphatic rings. The maximum absolute atomic E-state index is 12.0. The number of esters is 1. The van der Waals surface area contributed by atoms with E-state index in [-0.39, 0.29) is 24.9 Å². The van der Waals surface area contributed by atoms with Crippen LogP contribution in [-0.2, 0) is 22.6 Å². The quantitative estimate of drug-likeness (QED) is 0.577. The highest BCUT2D eigenvalue weighted by Gasteiger charge is 2.15. The van der Waals surface area contributed by atoms with Crippen LogP contribution in [-0.4, -0.2) is 25.0 Å². The molecule has 0 aliphatic carbocycles. The van der Waals surface area contributed by atoms with E-state index in [0.29, 0.717) is 24.5 Å². The monoisotopic (exact) mass is 379 g/mol. The zero-order valence-electron chi connectivity index (χ0n) is 15.3. The predicted molar refractivity (Wildman–Crippen MR) is 103 cm³/mol. The van der Waals surface area contributed by atoms with Crippen molar-refractivity contribution in [3.05, 3.63) is 89.9 Å². The summed E-state index contributed by atoms with van der Waals surface area (Å²) in [6, 6.07) is 22.2. The zero-order valence-corrected chi connectivity index (χ0v) is 15.3. The average molecular weight is 379 g/mol. The van der Waals surface area contributed by atoms with Crippen LogP contribution in [0.2, 0.25) is 0 Å². The molecule has 144 valence electrons. The first kappa shape index (κ1) is 19.2. The molecule has 0 saturated heterocycles. The van der Waals surface area contributed by atoms with E-state index < -0.39 is 5.97 Å². The van der Waals surface area contributed by atoms with Crippen LogP contribution in [0.15, 0.2) is 77.2 Å². The van der Waals surface area contributed by atoms with Crippen LogP contribution in [0.25, 0.3) is 0 Å². The van der Waals surface area contributed by atoms with Crippen LogP contribution in [0.3, 0.4) is 0 Å². The van der Waals surface area contributed by atoms with Gasteiger partial charge in [0.15, 0.2) is 6.61 Å². The Kier molecular flexibility index (Phi) is 6.84. The summed E-state index contributed by atoms with van der Waals surface area (Å²) >= 11 is 0. The summed E-state index contributed by atoms with van der Waals surface area (Å²) in [5.74, 6) is 0.176. The third kappa shape index (κ3) is 6.02. The lowest BCUT2D eigenvalue weighted by molar-refractivity contribution is -0.124. The third-order valence-corrected chi connectivity index (χ3v) is 3.90. The van der Waals surface area contributed by atoms with Crippen LogP contribution in [0.4, 0.5) is 0 Å². The standard InChI is InChI=1S/C22H21NO5/c24-21(23-14-13-17-7-3-1-4-8-17)16-27-22(25)20-12-11-19(28-20)15-26-18-9-5-2-6-10-18/h1-12H,13-16H2,(H,23,24). The molecule has 0 atom stereocenters. The molecular weight excluding hydrogens is 358 g/mol. The van der Waals surface area contributed by atoms with E-state index in [0.717, 1.165) is 5.56 Å². The molecule has 1 heterocycles. The van der Waals surface area contributed by atoms with Crippen LogP contribution >= 0.6 is 0 Å². The van der Waals surface area contributed by atoms with E-state index >= 15 is 0 Å². The first-order valence-corrected chi connectivity index (χ1v) is 8.95. The molecule has 0 spiro atoms. The van der Waals surface area contributed by atoms with Gasteiger partial charge in [0.25, 0.3) is 5.91 Å². The van der Waals surface area contributed by atoms with Crippen LogP contribution in [0.5, 0.6) is 5.75 Å². The molecule has 0 bridgehead atoms. The number of hydrogen-bond acceptors (Lipinski definition) is 5. The number of benzene rings is 2. The fourth-order valence-electron chi connectivity index (χ4n) is 2.48. The fourth-order valence-corrected chi connectivity index (χ4v) is 2.48. The molecule has 28 heavy (non-hydrogen) atoms. The lowest BCUT2D eigenvalue weighted by Crippen LogP contribution is -2.30. The molecular formula is C22H21NO5. The van der Waals surface area contributed by atoms with Crippen molar-refractivity contribution in [2.75, 3.05) is 13.2 Å². The summed E-state index contributed by atoms with van der Waals surface area (Å²) in [7, 11) is 0. The highest BCUT2D eigenvalue weighted by atomic mass is 16.6. The van der Waals surface area contributed by atoms with Crippen molar-refractivity contribution in [1.82, 2.24) is 5.32 Å². The zero-order chi connectivity index (χ0) is 19.6. The summed E-state index contributed by atoms with van der Waals surface area (Å²) in [5.41, 5.74) is 1.13. The van der Waals surface area contributed by atoms with Crippen molar-refractivity contribution in [2.45, 2.75) is 13.0 Å². The first-order chi connectivity index (χ1) is 13.7. The maximum atomic E-state index is 12.0. The minimum absolute atomic E-state index is 0.0312. The van der Waals surface area contributed by atoms with Crippen molar-refractivity contribution in [1.29, 1.82) is 0 Å². The normalized spacial score (nSPS) is 10.3. The third-order valence-electron chi connectivity index (χ3n) is 3.90. The van der Waals surface area contributed by atoms with Gasteiger partial charge in [0.2, 0.25) is 5.76 Å². The molecule has 0 fully saturated rings. The highest BCUT2D eigenvalue weighted by molar-refractivity contribution is 5.88. The van der Waals surface area contributed by atoms with Gasteiger partial charge in [-0.15, -0.1) is 0 Å². The Morgan fingerprint density at radius 1 is 0.893 bits per heavy atom. The van der Waals surface area contributed by atoms with Crippen LogP contribution < -0.4 is 10.1 Å². The van der Waals surface area contributed by atoms with Gasteiger partial charge >= 0.3 is 5.97 Å². The molecule has 2 aromatic carbocycles. The van der Waals surface area contributed by atoms with Gasteiger partial charge in [0, 0.05) is 6.54 Å². The summed E-state index contributed by atoms with van der Waals surface area (Å²) in [6.45, 7) is 0.309. The Morgan fingerprint density at radius 3 is 2.36 bits per heavy atom. The summed E-state index contributed by atoms with van der Waals surface area (Å²) in [4.78, 5) is 23.8. The van der Waals surface area contributed by atoms with Crippen molar-refractivity contribution < 1.29 is 23.5 Å². The van der Waals surface area contributed by atoms with Gasteiger partial charge in [-0.25, -0.2) is 4.79 Å². The molecule has 1 amide bonds. The number of nitrogens with one attached hydrogen (secondary N) is 1. The smallest absolute Gasteiger partial charge is 0.374 e. The van der Waals surface area contributed by atoms with Crippen molar-refractivity contribution >= 4 is 11.9 Å².